The van der Waals surface area contributed by atoms with Crippen LogP contribution < -0.4 is 10.4 Å². The van der Waals surface area contributed by atoms with Crippen LogP contribution in [0.3, 0.4) is 0 Å². The Bertz CT molecular complexity index is 492. The molecule has 0 spiro atoms. The Hall–Kier alpha value is -0.775. The minimum absolute atomic E-state index is 0.362. The van der Waals surface area contributed by atoms with Crippen LogP contribution in [0.25, 0.3) is 0 Å². The summed E-state index contributed by atoms with van der Waals surface area (Å²) in [6, 6.07) is 3.70. The van der Waals surface area contributed by atoms with Gasteiger partial charge in [0.25, 0.3) is 0 Å². The van der Waals surface area contributed by atoms with Crippen LogP contribution >= 0.6 is 11.6 Å². The van der Waals surface area contributed by atoms with Crippen LogP contribution in [0, 0.1) is 0 Å². The molecule has 0 radical (unpaired) electrons. The second-order valence-corrected chi connectivity index (χ2v) is 6.54. The maximum absolute atomic E-state index is 6.09. The summed E-state index contributed by atoms with van der Waals surface area (Å²) in [6.07, 6.45) is 0. The van der Waals surface area contributed by atoms with E-state index >= 15 is 0 Å². The molecule has 0 atom stereocenters. The van der Waals surface area contributed by atoms with Gasteiger partial charge in [0, 0.05) is 19.1 Å². The quantitative estimate of drug-likeness (QED) is 0.634. The van der Waals surface area contributed by atoms with E-state index in [4.69, 9.17) is 20.9 Å². The van der Waals surface area contributed by atoms with E-state index in [1.54, 1.807) is 6.07 Å². The van der Waals surface area contributed by atoms with Gasteiger partial charge in [-0.05, 0) is 40.7 Å². The Morgan fingerprint density at radius 1 is 1.20 bits per heavy atom. The standard InChI is InChI=1S/C14H22BClN2O2/c1-7-18(6)12-10(8-9-11(16)17-12)15-19-13(2,3)14(4,5)20-15/h8-9H,7H2,1-6H3. The molecule has 1 saturated heterocycles. The van der Waals surface area contributed by atoms with Crippen LogP contribution in [0.2, 0.25) is 5.15 Å². The predicted octanol–water partition coefficient (Wildman–Crippen LogP) is 2.49. The molecule has 1 aliphatic rings. The monoisotopic (exact) mass is 296 g/mol. The third-order valence-corrected chi connectivity index (χ3v) is 4.42. The molecule has 1 aromatic heterocycles. The minimum atomic E-state index is -0.422. The van der Waals surface area contributed by atoms with E-state index in [0.29, 0.717) is 5.15 Å². The SMILES string of the molecule is CCN(C)c1nc(Cl)ccc1B1OC(C)(C)C(C)(C)O1. The molecule has 0 aromatic carbocycles. The third kappa shape index (κ3) is 2.67. The van der Waals surface area contributed by atoms with Crippen LogP contribution in [0.5, 0.6) is 0 Å². The van der Waals surface area contributed by atoms with E-state index < -0.39 is 7.12 Å². The summed E-state index contributed by atoms with van der Waals surface area (Å²) < 4.78 is 12.2. The number of rotatable bonds is 3. The van der Waals surface area contributed by atoms with Gasteiger partial charge in [-0.1, -0.05) is 17.7 Å². The maximum Gasteiger partial charge on any atom is 0.498 e. The van der Waals surface area contributed by atoms with Crippen molar-refractivity contribution in [3.63, 3.8) is 0 Å². The fourth-order valence-corrected chi connectivity index (χ4v) is 2.19. The van der Waals surface area contributed by atoms with E-state index in [2.05, 4.69) is 11.9 Å². The summed E-state index contributed by atoms with van der Waals surface area (Å²) in [7, 11) is 1.56. The number of nitrogens with zero attached hydrogens (tertiary/aromatic N) is 2. The Morgan fingerprint density at radius 2 is 1.75 bits per heavy atom. The molecule has 0 aliphatic carbocycles. The van der Waals surface area contributed by atoms with Crippen LogP contribution in [0.15, 0.2) is 12.1 Å². The lowest BCUT2D eigenvalue weighted by molar-refractivity contribution is 0.00578. The topological polar surface area (TPSA) is 34.6 Å². The predicted molar refractivity (Wildman–Crippen MR) is 83.9 cm³/mol. The second kappa shape index (κ2) is 5.21. The summed E-state index contributed by atoms with van der Waals surface area (Å²) in [5.74, 6) is 0.804. The molecule has 1 aromatic rings. The van der Waals surface area contributed by atoms with Crippen LogP contribution in [0.1, 0.15) is 34.6 Å². The number of hydrogen-bond acceptors (Lipinski definition) is 4. The molecular formula is C14H22BClN2O2. The summed E-state index contributed by atoms with van der Waals surface area (Å²) in [4.78, 5) is 6.45. The first kappa shape index (κ1) is 15.6. The fraction of sp³-hybridized carbons (Fsp3) is 0.643. The van der Waals surface area contributed by atoms with Crippen molar-refractivity contribution in [3.05, 3.63) is 17.3 Å². The van der Waals surface area contributed by atoms with Gasteiger partial charge in [-0.15, -0.1) is 0 Å². The van der Waals surface area contributed by atoms with Gasteiger partial charge in [-0.3, -0.25) is 0 Å². The van der Waals surface area contributed by atoms with Gasteiger partial charge in [0.15, 0.2) is 0 Å². The van der Waals surface area contributed by atoms with Crippen molar-refractivity contribution in [2.24, 2.45) is 0 Å². The van der Waals surface area contributed by atoms with Gasteiger partial charge in [-0.2, -0.15) is 0 Å². The Kier molecular flexibility index (Phi) is 4.06. The molecule has 1 aliphatic heterocycles. The molecule has 0 saturated carbocycles. The van der Waals surface area contributed by atoms with Crippen molar-refractivity contribution in [3.8, 4) is 0 Å². The molecule has 110 valence electrons. The first-order chi connectivity index (χ1) is 9.18. The van der Waals surface area contributed by atoms with Crippen molar-refractivity contribution in [2.75, 3.05) is 18.5 Å². The lowest BCUT2D eigenvalue weighted by Gasteiger charge is -2.32. The molecule has 0 N–H and O–H groups in total. The van der Waals surface area contributed by atoms with Gasteiger partial charge in [0.1, 0.15) is 11.0 Å². The smallest absolute Gasteiger partial charge is 0.399 e. The normalized spacial score (nSPS) is 20.2. The average molecular weight is 297 g/mol. The first-order valence-corrected chi connectivity index (χ1v) is 7.29. The van der Waals surface area contributed by atoms with Crippen molar-refractivity contribution in [1.82, 2.24) is 4.98 Å². The minimum Gasteiger partial charge on any atom is -0.399 e. The summed E-state index contributed by atoms with van der Waals surface area (Å²) in [5.41, 5.74) is 0.191. The highest BCUT2D eigenvalue weighted by atomic mass is 35.5. The molecule has 2 heterocycles. The molecule has 6 heteroatoms. The lowest BCUT2D eigenvalue weighted by atomic mass is 9.79. The van der Waals surface area contributed by atoms with E-state index in [1.165, 1.54) is 0 Å². The van der Waals surface area contributed by atoms with Gasteiger partial charge >= 0.3 is 7.12 Å². The van der Waals surface area contributed by atoms with Crippen molar-refractivity contribution in [1.29, 1.82) is 0 Å². The molecular weight excluding hydrogens is 274 g/mol. The Balaban J connectivity index is 2.40. The highest BCUT2D eigenvalue weighted by molar-refractivity contribution is 6.63. The van der Waals surface area contributed by atoms with Crippen LogP contribution in [0.4, 0.5) is 5.82 Å². The summed E-state index contributed by atoms with van der Waals surface area (Å²) in [5, 5.41) is 0.473. The largest absolute Gasteiger partial charge is 0.498 e. The van der Waals surface area contributed by atoms with E-state index in [0.717, 1.165) is 17.8 Å². The molecule has 2 rings (SSSR count). The highest BCUT2D eigenvalue weighted by Crippen LogP contribution is 2.37. The number of aromatic nitrogens is 1. The number of hydrogen-bond donors (Lipinski definition) is 0. The zero-order valence-corrected chi connectivity index (χ0v) is 13.8. The highest BCUT2D eigenvalue weighted by Gasteiger charge is 2.52. The Morgan fingerprint density at radius 3 is 2.25 bits per heavy atom. The molecule has 4 nitrogen and oxygen atoms in total. The molecule has 0 amide bonds. The zero-order chi connectivity index (χ0) is 15.1. The van der Waals surface area contributed by atoms with Gasteiger partial charge in [-0.25, -0.2) is 4.98 Å². The second-order valence-electron chi connectivity index (χ2n) is 6.15. The molecule has 0 bridgehead atoms. The zero-order valence-electron chi connectivity index (χ0n) is 13.0. The molecule has 1 fully saturated rings. The third-order valence-electron chi connectivity index (χ3n) is 4.21. The van der Waals surface area contributed by atoms with Crippen LogP contribution in [-0.2, 0) is 9.31 Å². The Labute approximate surface area is 126 Å². The lowest BCUT2D eigenvalue weighted by Crippen LogP contribution is -2.41. The van der Waals surface area contributed by atoms with Gasteiger partial charge < -0.3 is 14.2 Å². The molecule has 0 unspecified atom stereocenters. The summed E-state index contributed by atoms with van der Waals surface area (Å²) >= 11 is 6.02. The maximum atomic E-state index is 6.09. The van der Waals surface area contributed by atoms with Crippen molar-refractivity contribution in [2.45, 2.75) is 45.8 Å². The molecule has 20 heavy (non-hydrogen) atoms. The van der Waals surface area contributed by atoms with Gasteiger partial charge in [0.2, 0.25) is 0 Å². The van der Waals surface area contributed by atoms with E-state index in [1.807, 2.05) is 45.7 Å². The number of pyridine rings is 1. The average Bonchev–Trinajstić information content (AvgIpc) is 2.57. The van der Waals surface area contributed by atoms with E-state index in [-0.39, 0.29) is 11.2 Å². The first-order valence-electron chi connectivity index (χ1n) is 6.91. The fourth-order valence-electron chi connectivity index (χ4n) is 2.05. The van der Waals surface area contributed by atoms with Gasteiger partial charge in [0.05, 0.1) is 11.2 Å². The van der Waals surface area contributed by atoms with Crippen molar-refractivity contribution >= 4 is 30.0 Å². The summed E-state index contributed by atoms with van der Waals surface area (Å²) in [6.45, 7) is 11.1. The van der Waals surface area contributed by atoms with Crippen molar-refractivity contribution < 1.29 is 9.31 Å². The number of halogens is 1. The van der Waals surface area contributed by atoms with E-state index in [9.17, 15) is 0 Å². The van der Waals surface area contributed by atoms with Crippen LogP contribution in [-0.4, -0.2) is 36.9 Å². The number of anilines is 1.